The molecule has 2 saturated heterocycles. The molecule has 1 atom stereocenters. The molecule has 6 nitrogen and oxygen atoms in total. The maximum atomic E-state index is 12.8. The van der Waals surface area contributed by atoms with Gasteiger partial charge in [-0.2, -0.15) is 13.2 Å². The Bertz CT molecular complexity index is 2920. The SMILES string of the molecule is CCCCC(O)CCCCCc1c(-c2cccc(CCCCCCCCCC(F)(F)F)c2)cnc(=c2cc3c(c(O)c2N2CCC(N4CCCC4)CC2)=Cc2ccccc2-3)c1=C1C=c2ccccc2=N1. The monoisotopic (exact) mass is 951 g/mol. The molecule has 1 unspecified atom stereocenters. The third-order valence-corrected chi connectivity index (χ3v) is 15.5. The van der Waals surface area contributed by atoms with Crippen LogP contribution in [0.25, 0.3) is 40.1 Å². The van der Waals surface area contributed by atoms with E-state index in [2.05, 4.69) is 108 Å². The third-order valence-electron chi connectivity index (χ3n) is 15.5. The number of fused-ring (bicyclic) bond motifs is 4. The van der Waals surface area contributed by atoms with Crippen LogP contribution in [0, 0.1) is 10.6 Å². The van der Waals surface area contributed by atoms with Crippen molar-refractivity contribution < 1.29 is 23.4 Å². The number of likely N-dealkylation sites (tertiary alicyclic amines) is 1. The first-order valence-corrected chi connectivity index (χ1v) is 26.9. The van der Waals surface area contributed by atoms with Crippen LogP contribution in [-0.2, 0) is 12.8 Å². The summed E-state index contributed by atoms with van der Waals surface area (Å²) in [5.74, 6) is 0.318. The molecule has 9 heteroatoms. The Kier molecular flexibility index (Phi) is 16.6. The number of aromatic hydroxyl groups is 1. The van der Waals surface area contributed by atoms with Crippen molar-refractivity contribution >= 4 is 23.5 Å². The molecule has 1 aromatic heterocycles. The zero-order chi connectivity index (χ0) is 48.5. The van der Waals surface area contributed by atoms with Gasteiger partial charge in [-0.25, -0.2) is 4.99 Å². The molecule has 2 fully saturated rings. The van der Waals surface area contributed by atoms with E-state index >= 15 is 0 Å². The Morgan fingerprint density at radius 1 is 0.714 bits per heavy atom. The minimum Gasteiger partial charge on any atom is -0.505 e. The quantitative estimate of drug-likeness (QED) is 0.0704. The fraction of sp³-hybridized carbons (Fsp3) is 0.475. The fourth-order valence-electron chi connectivity index (χ4n) is 11.7. The van der Waals surface area contributed by atoms with Crippen LogP contribution in [-0.4, -0.2) is 64.6 Å². The molecule has 9 rings (SSSR count). The van der Waals surface area contributed by atoms with Gasteiger partial charge in [-0.1, -0.05) is 131 Å². The summed E-state index contributed by atoms with van der Waals surface area (Å²) in [6.45, 7) is 6.23. The molecule has 2 N–H and O–H groups in total. The van der Waals surface area contributed by atoms with E-state index in [1.54, 1.807) is 0 Å². The van der Waals surface area contributed by atoms with Gasteiger partial charge in [0.25, 0.3) is 0 Å². The second-order valence-electron chi connectivity index (χ2n) is 20.5. The highest BCUT2D eigenvalue weighted by Crippen LogP contribution is 2.37. The van der Waals surface area contributed by atoms with Crippen LogP contribution in [0.5, 0.6) is 5.75 Å². The number of aromatic nitrogens is 1. The average Bonchev–Trinajstić information content (AvgIpc) is 4.15. The number of hydrogen-bond acceptors (Lipinski definition) is 6. The van der Waals surface area contributed by atoms with Crippen LogP contribution in [0.4, 0.5) is 18.9 Å². The van der Waals surface area contributed by atoms with E-state index in [9.17, 15) is 23.4 Å². The lowest BCUT2D eigenvalue weighted by Gasteiger charge is -2.38. The predicted molar refractivity (Wildman–Crippen MR) is 279 cm³/mol. The van der Waals surface area contributed by atoms with Crippen LogP contribution in [0.3, 0.4) is 0 Å². The molecule has 0 saturated carbocycles. The highest BCUT2D eigenvalue weighted by Gasteiger charge is 2.30. The fourth-order valence-corrected chi connectivity index (χ4v) is 11.7. The number of aliphatic hydroxyl groups excluding tert-OH is 1. The highest BCUT2D eigenvalue weighted by molar-refractivity contribution is 5.87. The number of hydrogen-bond donors (Lipinski definition) is 2. The third kappa shape index (κ3) is 11.9. The summed E-state index contributed by atoms with van der Waals surface area (Å²) in [7, 11) is 0. The van der Waals surface area contributed by atoms with Gasteiger partial charge in [0.1, 0.15) is 5.75 Å². The van der Waals surface area contributed by atoms with E-state index < -0.39 is 12.6 Å². The Hall–Kier alpha value is -5.25. The van der Waals surface area contributed by atoms with Crippen molar-refractivity contribution in [3.63, 3.8) is 0 Å². The molecule has 370 valence electrons. The van der Waals surface area contributed by atoms with Gasteiger partial charge >= 0.3 is 6.18 Å². The van der Waals surface area contributed by atoms with E-state index in [0.717, 1.165) is 187 Å². The lowest BCUT2D eigenvalue weighted by atomic mass is 9.92. The molecular weight excluding hydrogens is 878 g/mol. The number of pyridine rings is 1. The van der Waals surface area contributed by atoms with E-state index in [-0.39, 0.29) is 12.5 Å². The van der Waals surface area contributed by atoms with Crippen molar-refractivity contribution in [1.82, 2.24) is 9.88 Å². The van der Waals surface area contributed by atoms with Gasteiger partial charge in [0.05, 0.1) is 28.2 Å². The molecule has 0 amide bonds. The number of aliphatic hydroxyl groups is 1. The smallest absolute Gasteiger partial charge is 0.389 e. The zero-order valence-electron chi connectivity index (χ0n) is 41.4. The largest absolute Gasteiger partial charge is 0.505 e. The van der Waals surface area contributed by atoms with Crippen molar-refractivity contribution in [2.24, 2.45) is 4.99 Å². The number of unbranched alkanes of at least 4 members (excludes halogenated alkanes) is 9. The second kappa shape index (κ2) is 23.3. The van der Waals surface area contributed by atoms with E-state index in [4.69, 9.17) is 9.98 Å². The van der Waals surface area contributed by atoms with Gasteiger partial charge in [0.2, 0.25) is 0 Å². The average molecular weight is 951 g/mol. The lowest BCUT2D eigenvalue weighted by Crippen LogP contribution is -2.44. The zero-order valence-corrected chi connectivity index (χ0v) is 41.4. The minimum absolute atomic E-state index is 0.221. The molecule has 4 aromatic carbocycles. The van der Waals surface area contributed by atoms with E-state index in [1.165, 1.54) is 37.1 Å². The van der Waals surface area contributed by atoms with E-state index in [1.807, 2.05) is 6.07 Å². The van der Waals surface area contributed by atoms with Gasteiger partial charge in [-0.15, -0.1) is 0 Å². The maximum absolute atomic E-state index is 12.8. The predicted octanol–water partition coefficient (Wildman–Crippen LogP) is 11.7. The number of para-hydroxylation sites is 1. The van der Waals surface area contributed by atoms with Crippen molar-refractivity contribution in [2.45, 2.75) is 160 Å². The van der Waals surface area contributed by atoms with Crippen LogP contribution >= 0.6 is 0 Å². The molecule has 4 aliphatic rings. The van der Waals surface area contributed by atoms with Crippen LogP contribution in [0.1, 0.15) is 146 Å². The van der Waals surface area contributed by atoms with Crippen molar-refractivity contribution in [2.75, 3.05) is 31.1 Å². The minimum atomic E-state index is -4.06. The molecule has 0 spiro atoms. The maximum Gasteiger partial charge on any atom is 0.389 e. The lowest BCUT2D eigenvalue weighted by molar-refractivity contribution is -0.135. The first-order valence-electron chi connectivity index (χ1n) is 26.9. The van der Waals surface area contributed by atoms with Gasteiger partial charge < -0.3 is 20.0 Å². The molecule has 1 aliphatic carbocycles. The number of halogens is 3. The summed E-state index contributed by atoms with van der Waals surface area (Å²) < 4.78 is 37.8. The summed E-state index contributed by atoms with van der Waals surface area (Å²) in [4.78, 5) is 16.1. The molecule has 70 heavy (non-hydrogen) atoms. The van der Waals surface area contributed by atoms with Gasteiger partial charge in [-0.05, 0) is 141 Å². The molecule has 0 bridgehead atoms. The molecule has 5 aromatic rings. The number of rotatable bonds is 21. The normalized spacial score (nSPS) is 17.5. The van der Waals surface area contributed by atoms with Gasteiger partial charge in [-0.3, -0.25) is 4.98 Å². The number of piperidine rings is 1. The second-order valence-corrected chi connectivity index (χ2v) is 20.5. The Balaban J connectivity index is 1.16. The van der Waals surface area contributed by atoms with Gasteiger partial charge in [0.15, 0.2) is 0 Å². The van der Waals surface area contributed by atoms with Crippen molar-refractivity contribution in [3.05, 3.63) is 133 Å². The summed E-state index contributed by atoms with van der Waals surface area (Å²) in [6, 6.07) is 28.5. The first kappa shape index (κ1) is 49.7. The summed E-state index contributed by atoms with van der Waals surface area (Å²) in [5, 5.41) is 29.2. The summed E-state index contributed by atoms with van der Waals surface area (Å²) >= 11 is 0. The van der Waals surface area contributed by atoms with Crippen molar-refractivity contribution in [3.8, 4) is 28.0 Å². The van der Waals surface area contributed by atoms with Gasteiger partial charge in [0, 0.05) is 58.2 Å². The molecule has 0 radical (unpaired) electrons. The standard InChI is InChI=1S/C61H73F3N4O2/c1-2-3-26-48(69)27-11-9-12-29-50-54(44-25-20-22-43(38-44)21-10-7-5-4-6-8-17-33-61(62,63)64)42-65-58(57(50)56-40-46-24-14-16-30-55(46)66-56)53-41-51-49-28-15-13-23-45(49)39-52(51)60(70)59(53)68-36-31-47(32-37-68)67-34-18-19-35-67/h13-16,20,22-25,28,30,38-42,47-48,69-70H,2-12,17-19,21,26-27,29,31-37H2,1H3. The molecule has 4 heterocycles. The van der Waals surface area contributed by atoms with Crippen molar-refractivity contribution in [1.29, 1.82) is 0 Å². The van der Waals surface area contributed by atoms with Crippen LogP contribution in [0.15, 0.2) is 90.1 Å². The summed E-state index contributed by atoms with van der Waals surface area (Å²) in [6.07, 6.45) is 20.3. The molecule has 3 aliphatic heterocycles. The Morgan fingerprint density at radius 2 is 1.43 bits per heavy atom. The number of benzene rings is 4. The molecular formula is C61H73F3N4O2. The number of alkyl halides is 3. The first-order chi connectivity index (χ1) is 34.1. The highest BCUT2D eigenvalue weighted by atomic mass is 19.4. The topological polar surface area (TPSA) is 72.2 Å². The number of anilines is 1. The number of phenols is 1. The van der Waals surface area contributed by atoms with Crippen LogP contribution in [0.2, 0.25) is 0 Å². The van der Waals surface area contributed by atoms with Crippen LogP contribution < -0.4 is 25.9 Å². The number of nitrogens with zero attached hydrogens (tertiary/aromatic N) is 4. The Morgan fingerprint density at radius 3 is 2.21 bits per heavy atom. The number of phenolic OH excluding ortho intramolecular Hbond substituents is 1. The number of aryl methyl sites for hydroxylation is 1. The van der Waals surface area contributed by atoms with E-state index in [0.29, 0.717) is 18.2 Å². The summed E-state index contributed by atoms with van der Waals surface area (Å²) in [5.41, 5.74) is 9.65. The Labute approximate surface area is 412 Å².